The van der Waals surface area contributed by atoms with E-state index >= 15 is 0 Å². The summed E-state index contributed by atoms with van der Waals surface area (Å²) in [6.45, 7) is 1.76. The number of ether oxygens (including phenoxy) is 4. The first-order valence-corrected chi connectivity index (χ1v) is 14.9. The number of halogens is 8. The maximum Gasteiger partial charge on any atom is 0.426 e. The Labute approximate surface area is 265 Å². The van der Waals surface area contributed by atoms with Gasteiger partial charge in [-0.05, 0) is 54.3 Å². The van der Waals surface area contributed by atoms with E-state index in [2.05, 4.69) is 11.7 Å². The summed E-state index contributed by atoms with van der Waals surface area (Å²) >= 11 is 0. The van der Waals surface area contributed by atoms with Gasteiger partial charge < -0.3 is 18.9 Å². The van der Waals surface area contributed by atoms with E-state index in [9.17, 15) is 35.1 Å². The van der Waals surface area contributed by atoms with Crippen LogP contribution in [0.2, 0.25) is 0 Å². The topological polar surface area (TPSA) is 36.9 Å². The van der Waals surface area contributed by atoms with Gasteiger partial charge in [-0.15, -0.1) is 0 Å². The molecule has 0 bridgehead atoms. The molecule has 0 aliphatic carbocycles. The molecule has 5 rings (SSSR count). The van der Waals surface area contributed by atoms with E-state index in [1.54, 1.807) is 12.1 Å². The number of aryl methyl sites for hydroxylation is 1. The van der Waals surface area contributed by atoms with Gasteiger partial charge in [-0.2, -0.15) is 8.78 Å². The van der Waals surface area contributed by atoms with Gasteiger partial charge in [0, 0.05) is 29.2 Å². The van der Waals surface area contributed by atoms with Crippen LogP contribution in [0.4, 0.5) is 35.1 Å². The molecule has 1 aliphatic heterocycles. The van der Waals surface area contributed by atoms with Crippen molar-refractivity contribution in [1.29, 1.82) is 0 Å². The maximum absolute atomic E-state index is 14.8. The SMILES string of the molecule is CCCCCc1ccc(C(F)(F)Oc2cc(F)c(OCC3COC(c4ccc(-c5cc(F)c(F)c(F)c5)c(F)c4)OC3)c(F)c2)cc1. The van der Waals surface area contributed by atoms with Gasteiger partial charge >= 0.3 is 6.11 Å². The van der Waals surface area contributed by atoms with Crippen LogP contribution in [0.3, 0.4) is 0 Å². The van der Waals surface area contributed by atoms with Crippen LogP contribution < -0.4 is 9.47 Å². The zero-order valence-corrected chi connectivity index (χ0v) is 25.1. The summed E-state index contributed by atoms with van der Waals surface area (Å²) in [4.78, 5) is 0. The highest BCUT2D eigenvalue weighted by molar-refractivity contribution is 5.64. The molecule has 1 aliphatic rings. The second-order valence-electron chi connectivity index (χ2n) is 11.2. The summed E-state index contributed by atoms with van der Waals surface area (Å²) in [7, 11) is 0. The second kappa shape index (κ2) is 14.7. The molecule has 0 saturated carbocycles. The minimum atomic E-state index is -3.85. The summed E-state index contributed by atoms with van der Waals surface area (Å²) in [5.41, 5.74) is 0.282. The van der Waals surface area contributed by atoms with Gasteiger partial charge in [0.25, 0.3) is 0 Å². The molecule has 0 N–H and O–H groups in total. The molecule has 12 heteroatoms. The molecule has 250 valence electrons. The highest BCUT2D eigenvalue weighted by Crippen LogP contribution is 2.36. The Morgan fingerprint density at radius 1 is 0.745 bits per heavy atom. The number of benzene rings is 4. The Morgan fingerprint density at radius 2 is 1.38 bits per heavy atom. The fourth-order valence-corrected chi connectivity index (χ4v) is 5.04. The molecule has 0 aromatic heterocycles. The van der Waals surface area contributed by atoms with Crippen molar-refractivity contribution in [1.82, 2.24) is 0 Å². The highest BCUT2D eigenvalue weighted by Gasteiger charge is 2.35. The first-order valence-electron chi connectivity index (χ1n) is 14.9. The lowest BCUT2D eigenvalue weighted by Crippen LogP contribution is -2.31. The molecule has 0 atom stereocenters. The van der Waals surface area contributed by atoms with Crippen LogP contribution in [-0.2, 0) is 22.0 Å². The van der Waals surface area contributed by atoms with E-state index in [1.807, 2.05) is 0 Å². The quantitative estimate of drug-likeness (QED) is 0.0858. The van der Waals surface area contributed by atoms with Crippen LogP contribution in [0, 0.1) is 40.8 Å². The van der Waals surface area contributed by atoms with E-state index in [1.165, 1.54) is 24.3 Å². The highest BCUT2D eigenvalue weighted by atomic mass is 19.3. The number of alkyl halides is 2. The van der Waals surface area contributed by atoms with Gasteiger partial charge in [0.15, 0.2) is 41.1 Å². The predicted molar refractivity (Wildman–Crippen MR) is 156 cm³/mol. The lowest BCUT2D eigenvalue weighted by Gasteiger charge is -2.29. The van der Waals surface area contributed by atoms with Crippen molar-refractivity contribution in [2.24, 2.45) is 5.92 Å². The normalized spacial score (nSPS) is 16.7. The fourth-order valence-electron chi connectivity index (χ4n) is 5.04. The van der Waals surface area contributed by atoms with Crippen LogP contribution in [-0.4, -0.2) is 19.8 Å². The smallest absolute Gasteiger partial charge is 0.426 e. The maximum atomic E-state index is 14.8. The van der Waals surface area contributed by atoms with Gasteiger partial charge in [-0.1, -0.05) is 44.0 Å². The third-order valence-corrected chi connectivity index (χ3v) is 7.57. The molecule has 1 fully saturated rings. The number of hydrogen-bond acceptors (Lipinski definition) is 4. The van der Waals surface area contributed by atoms with Gasteiger partial charge in [0.05, 0.1) is 25.4 Å². The van der Waals surface area contributed by atoms with E-state index < -0.39 is 70.3 Å². The van der Waals surface area contributed by atoms with Crippen molar-refractivity contribution in [3.8, 4) is 22.6 Å². The van der Waals surface area contributed by atoms with Crippen molar-refractivity contribution in [3.05, 3.63) is 118 Å². The zero-order chi connectivity index (χ0) is 33.7. The number of unbranched alkanes of at least 4 members (excludes halogenated alkanes) is 2. The predicted octanol–water partition coefficient (Wildman–Crippen LogP) is 9.79. The van der Waals surface area contributed by atoms with E-state index in [-0.39, 0.29) is 36.5 Å². The third kappa shape index (κ3) is 8.23. The largest absolute Gasteiger partial charge is 0.487 e. The molecular weight excluding hydrogens is 636 g/mol. The van der Waals surface area contributed by atoms with Crippen molar-refractivity contribution < 1.29 is 54.1 Å². The molecule has 1 saturated heterocycles. The van der Waals surface area contributed by atoms with Gasteiger partial charge in [-0.25, -0.2) is 26.3 Å². The van der Waals surface area contributed by atoms with Crippen LogP contribution in [0.15, 0.2) is 66.7 Å². The van der Waals surface area contributed by atoms with Crippen molar-refractivity contribution in [2.45, 2.75) is 45.0 Å². The Hall–Kier alpha value is -4.16. The molecule has 0 spiro atoms. The second-order valence-corrected chi connectivity index (χ2v) is 11.2. The van der Waals surface area contributed by atoms with Crippen molar-refractivity contribution in [3.63, 3.8) is 0 Å². The molecule has 0 radical (unpaired) electrons. The summed E-state index contributed by atoms with van der Waals surface area (Å²) in [6.07, 6.45) is -1.14. The standard InChI is InChI=1S/C35H30F8O4/c1-2-3-4-5-20-6-9-24(10-7-20)35(42,43)47-25-15-30(39)33(31(40)16-25)44-17-21-18-45-34(46-19-21)22-8-11-26(27(36)12-22)23-13-28(37)32(41)29(38)14-23/h6-16,21,34H,2-5,17-19H2,1H3. The molecular formula is C35H30F8O4. The Bertz CT molecular complexity index is 1640. The molecule has 0 amide bonds. The van der Waals surface area contributed by atoms with Crippen LogP contribution in [0.1, 0.15) is 49.2 Å². The monoisotopic (exact) mass is 666 g/mol. The van der Waals surface area contributed by atoms with Crippen LogP contribution in [0.25, 0.3) is 11.1 Å². The average molecular weight is 667 g/mol. The number of hydrogen-bond donors (Lipinski definition) is 0. The lowest BCUT2D eigenvalue weighted by molar-refractivity contribution is -0.208. The molecule has 4 aromatic carbocycles. The summed E-state index contributed by atoms with van der Waals surface area (Å²) in [6, 6.07) is 11.8. The Balaban J connectivity index is 1.15. The van der Waals surface area contributed by atoms with E-state index in [0.29, 0.717) is 24.3 Å². The summed E-state index contributed by atoms with van der Waals surface area (Å²) < 4.78 is 135. The Morgan fingerprint density at radius 3 is 1.98 bits per heavy atom. The van der Waals surface area contributed by atoms with Crippen molar-refractivity contribution >= 4 is 0 Å². The molecule has 1 heterocycles. The van der Waals surface area contributed by atoms with Gasteiger partial charge in [0.1, 0.15) is 11.6 Å². The molecule has 47 heavy (non-hydrogen) atoms. The first-order chi connectivity index (χ1) is 22.4. The van der Waals surface area contributed by atoms with Crippen LogP contribution >= 0.6 is 0 Å². The summed E-state index contributed by atoms with van der Waals surface area (Å²) in [5.74, 6) is -10.0. The minimum Gasteiger partial charge on any atom is -0.487 e. The van der Waals surface area contributed by atoms with E-state index in [0.717, 1.165) is 37.3 Å². The summed E-state index contributed by atoms with van der Waals surface area (Å²) in [5, 5.41) is 0. The minimum absolute atomic E-state index is 0.0174. The van der Waals surface area contributed by atoms with E-state index in [4.69, 9.17) is 14.2 Å². The number of rotatable bonds is 12. The van der Waals surface area contributed by atoms with Crippen molar-refractivity contribution in [2.75, 3.05) is 19.8 Å². The molecule has 4 aromatic rings. The van der Waals surface area contributed by atoms with Crippen LogP contribution in [0.5, 0.6) is 11.5 Å². The lowest BCUT2D eigenvalue weighted by atomic mass is 10.0. The van der Waals surface area contributed by atoms with Gasteiger partial charge in [-0.3, -0.25) is 0 Å². The molecule has 0 unspecified atom stereocenters. The fraction of sp³-hybridized carbons (Fsp3) is 0.314. The Kier molecular flexibility index (Phi) is 10.7. The molecule has 4 nitrogen and oxygen atoms in total. The third-order valence-electron chi connectivity index (χ3n) is 7.57. The average Bonchev–Trinajstić information content (AvgIpc) is 3.03. The zero-order valence-electron chi connectivity index (χ0n) is 25.1. The van der Waals surface area contributed by atoms with Gasteiger partial charge in [0.2, 0.25) is 0 Å². The first kappa shape index (κ1) is 34.2.